The summed E-state index contributed by atoms with van der Waals surface area (Å²) in [4.78, 5) is 11.8. The molecule has 4 heteroatoms. The SMILES string of the molecule is CC(C)CC(C)OCCC(=O)NCC1(C)CCNCC1. The van der Waals surface area contributed by atoms with Crippen LogP contribution in [-0.4, -0.2) is 38.3 Å². The molecule has 4 nitrogen and oxygen atoms in total. The van der Waals surface area contributed by atoms with Crippen LogP contribution in [0, 0.1) is 11.3 Å². The molecule has 1 unspecified atom stereocenters. The van der Waals surface area contributed by atoms with Crippen molar-refractivity contribution in [2.24, 2.45) is 11.3 Å². The van der Waals surface area contributed by atoms with Crippen molar-refractivity contribution < 1.29 is 9.53 Å². The van der Waals surface area contributed by atoms with E-state index in [0.29, 0.717) is 18.9 Å². The van der Waals surface area contributed by atoms with Gasteiger partial charge < -0.3 is 15.4 Å². The fourth-order valence-corrected chi connectivity index (χ4v) is 2.69. The maximum absolute atomic E-state index is 11.8. The molecule has 0 spiro atoms. The van der Waals surface area contributed by atoms with Gasteiger partial charge >= 0.3 is 0 Å². The van der Waals surface area contributed by atoms with E-state index in [4.69, 9.17) is 4.74 Å². The zero-order chi connectivity index (χ0) is 15.0. The Kier molecular flexibility index (Phi) is 7.52. The van der Waals surface area contributed by atoms with Crippen molar-refractivity contribution in [1.29, 1.82) is 0 Å². The minimum absolute atomic E-state index is 0.113. The average molecular weight is 284 g/mol. The first-order valence-electron chi connectivity index (χ1n) is 8.00. The number of ether oxygens (including phenoxy) is 1. The molecule has 0 bridgehead atoms. The highest BCUT2D eigenvalue weighted by Gasteiger charge is 2.26. The van der Waals surface area contributed by atoms with E-state index in [9.17, 15) is 4.79 Å². The lowest BCUT2D eigenvalue weighted by atomic mass is 9.81. The van der Waals surface area contributed by atoms with Crippen molar-refractivity contribution >= 4 is 5.91 Å². The zero-order valence-corrected chi connectivity index (χ0v) is 13.6. The topological polar surface area (TPSA) is 50.4 Å². The highest BCUT2D eigenvalue weighted by Crippen LogP contribution is 2.26. The fraction of sp³-hybridized carbons (Fsp3) is 0.938. The molecule has 0 aromatic heterocycles. The highest BCUT2D eigenvalue weighted by atomic mass is 16.5. The summed E-state index contributed by atoms with van der Waals surface area (Å²) >= 11 is 0. The summed E-state index contributed by atoms with van der Waals surface area (Å²) < 4.78 is 5.67. The van der Waals surface area contributed by atoms with Gasteiger partial charge in [-0.2, -0.15) is 0 Å². The van der Waals surface area contributed by atoms with Gasteiger partial charge in [-0.3, -0.25) is 4.79 Å². The van der Waals surface area contributed by atoms with Gasteiger partial charge in [0.1, 0.15) is 0 Å². The summed E-state index contributed by atoms with van der Waals surface area (Å²) in [7, 11) is 0. The third-order valence-electron chi connectivity index (χ3n) is 4.06. The quantitative estimate of drug-likeness (QED) is 0.719. The molecule has 0 aliphatic carbocycles. The second kappa shape index (κ2) is 8.63. The lowest BCUT2D eigenvalue weighted by molar-refractivity contribution is -0.123. The number of hydrogen-bond acceptors (Lipinski definition) is 3. The first kappa shape index (κ1) is 17.4. The number of hydrogen-bond donors (Lipinski definition) is 2. The Labute approximate surface area is 124 Å². The standard InChI is InChI=1S/C16H32N2O2/c1-13(2)11-14(3)20-10-5-15(19)18-12-16(4)6-8-17-9-7-16/h13-14,17H,5-12H2,1-4H3,(H,18,19). The first-order chi connectivity index (χ1) is 9.41. The van der Waals surface area contributed by atoms with E-state index >= 15 is 0 Å². The van der Waals surface area contributed by atoms with Crippen LogP contribution in [0.2, 0.25) is 0 Å². The number of nitrogens with one attached hydrogen (secondary N) is 2. The van der Waals surface area contributed by atoms with Crippen LogP contribution in [0.3, 0.4) is 0 Å². The fourth-order valence-electron chi connectivity index (χ4n) is 2.69. The van der Waals surface area contributed by atoms with E-state index in [-0.39, 0.29) is 17.4 Å². The first-order valence-corrected chi connectivity index (χ1v) is 8.00. The van der Waals surface area contributed by atoms with Crippen LogP contribution in [0.1, 0.15) is 53.4 Å². The summed E-state index contributed by atoms with van der Waals surface area (Å²) in [5, 5.41) is 6.42. The van der Waals surface area contributed by atoms with Crippen molar-refractivity contribution in [3.8, 4) is 0 Å². The molecule has 1 rings (SSSR count). The number of amides is 1. The van der Waals surface area contributed by atoms with E-state index in [0.717, 1.165) is 38.9 Å². The van der Waals surface area contributed by atoms with Gasteiger partial charge in [-0.1, -0.05) is 20.8 Å². The van der Waals surface area contributed by atoms with Gasteiger partial charge in [0, 0.05) is 13.0 Å². The van der Waals surface area contributed by atoms with Gasteiger partial charge in [0.05, 0.1) is 12.7 Å². The number of carbonyl (C=O) groups excluding carboxylic acids is 1. The molecule has 0 saturated carbocycles. The van der Waals surface area contributed by atoms with Gasteiger partial charge in [-0.25, -0.2) is 0 Å². The normalized spacial score (nSPS) is 19.9. The van der Waals surface area contributed by atoms with Crippen LogP contribution >= 0.6 is 0 Å². The minimum atomic E-state index is 0.113. The summed E-state index contributed by atoms with van der Waals surface area (Å²) in [6, 6.07) is 0. The number of piperidine rings is 1. The third kappa shape index (κ3) is 7.25. The molecule has 1 atom stereocenters. The molecule has 1 saturated heterocycles. The molecule has 0 aromatic rings. The minimum Gasteiger partial charge on any atom is -0.378 e. The Hall–Kier alpha value is -0.610. The smallest absolute Gasteiger partial charge is 0.222 e. The van der Waals surface area contributed by atoms with Crippen molar-refractivity contribution in [3.63, 3.8) is 0 Å². The molecule has 1 aliphatic rings. The largest absolute Gasteiger partial charge is 0.378 e. The Bertz CT molecular complexity index is 286. The second-order valence-corrected chi connectivity index (χ2v) is 6.90. The molecule has 20 heavy (non-hydrogen) atoms. The molecule has 0 radical (unpaired) electrons. The molecule has 0 aromatic carbocycles. The predicted molar refractivity (Wildman–Crippen MR) is 82.7 cm³/mol. The summed E-state index contributed by atoms with van der Waals surface area (Å²) in [5.41, 5.74) is 0.257. The molecule has 1 heterocycles. The van der Waals surface area contributed by atoms with E-state index in [1.165, 1.54) is 0 Å². The van der Waals surface area contributed by atoms with Crippen LogP contribution in [-0.2, 0) is 9.53 Å². The Balaban J connectivity index is 2.11. The van der Waals surface area contributed by atoms with Crippen molar-refractivity contribution in [2.75, 3.05) is 26.2 Å². The van der Waals surface area contributed by atoms with Crippen LogP contribution in [0.25, 0.3) is 0 Å². The molecular weight excluding hydrogens is 252 g/mol. The van der Waals surface area contributed by atoms with Gasteiger partial charge in [0.25, 0.3) is 0 Å². The Morgan fingerprint density at radius 3 is 2.55 bits per heavy atom. The Morgan fingerprint density at radius 2 is 1.95 bits per heavy atom. The maximum atomic E-state index is 11.8. The number of carbonyl (C=O) groups is 1. The lowest BCUT2D eigenvalue weighted by Crippen LogP contribution is -2.43. The van der Waals surface area contributed by atoms with Crippen LogP contribution in [0.15, 0.2) is 0 Å². The van der Waals surface area contributed by atoms with Gasteiger partial charge in [0.15, 0.2) is 0 Å². The summed E-state index contributed by atoms with van der Waals surface area (Å²) in [6.45, 7) is 12.1. The van der Waals surface area contributed by atoms with Crippen LogP contribution in [0.5, 0.6) is 0 Å². The molecule has 1 fully saturated rings. The number of rotatable bonds is 8. The predicted octanol–water partition coefficient (Wildman–Crippen LogP) is 2.33. The second-order valence-electron chi connectivity index (χ2n) is 6.90. The van der Waals surface area contributed by atoms with Gasteiger partial charge in [-0.05, 0) is 50.6 Å². The van der Waals surface area contributed by atoms with E-state index in [2.05, 4.69) is 38.3 Å². The van der Waals surface area contributed by atoms with E-state index in [1.54, 1.807) is 0 Å². The lowest BCUT2D eigenvalue weighted by Gasteiger charge is -2.34. The highest BCUT2D eigenvalue weighted by molar-refractivity contribution is 5.75. The molecule has 1 amide bonds. The van der Waals surface area contributed by atoms with Gasteiger partial charge in [0.2, 0.25) is 5.91 Å². The monoisotopic (exact) mass is 284 g/mol. The maximum Gasteiger partial charge on any atom is 0.222 e. The summed E-state index contributed by atoms with van der Waals surface area (Å²) in [5.74, 6) is 0.750. The van der Waals surface area contributed by atoms with E-state index in [1.807, 2.05) is 0 Å². The van der Waals surface area contributed by atoms with Crippen LogP contribution < -0.4 is 10.6 Å². The zero-order valence-electron chi connectivity index (χ0n) is 13.6. The molecule has 1 aliphatic heterocycles. The molecule has 118 valence electrons. The average Bonchev–Trinajstić information content (AvgIpc) is 2.36. The van der Waals surface area contributed by atoms with Crippen molar-refractivity contribution in [2.45, 2.75) is 59.5 Å². The summed E-state index contributed by atoms with van der Waals surface area (Å²) in [6.07, 6.45) is 4.03. The third-order valence-corrected chi connectivity index (χ3v) is 4.06. The molecular formula is C16H32N2O2. The van der Waals surface area contributed by atoms with Crippen LogP contribution in [0.4, 0.5) is 0 Å². The van der Waals surface area contributed by atoms with Crippen molar-refractivity contribution in [1.82, 2.24) is 10.6 Å². The molecule has 2 N–H and O–H groups in total. The van der Waals surface area contributed by atoms with Crippen molar-refractivity contribution in [3.05, 3.63) is 0 Å². The van der Waals surface area contributed by atoms with Gasteiger partial charge in [-0.15, -0.1) is 0 Å². The van der Waals surface area contributed by atoms with E-state index < -0.39 is 0 Å². The Morgan fingerprint density at radius 1 is 1.30 bits per heavy atom.